The maximum absolute atomic E-state index is 6.16. The van der Waals surface area contributed by atoms with Gasteiger partial charge in [-0.1, -0.05) is 30.3 Å². The van der Waals surface area contributed by atoms with Crippen LogP contribution in [0.15, 0.2) is 78.2 Å². The van der Waals surface area contributed by atoms with Gasteiger partial charge in [-0.15, -0.1) is 11.3 Å². The first kappa shape index (κ1) is 23.9. The summed E-state index contributed by atoms with van der Waals surface area (Å²) in [5, 5.41) is 2.09. The van der Waals surface area contributed by atoms with Crippen LogP contribution < -0.4 is 9.74 Å². The van der Waals surface area contributed by atoms with E-state index in [0.29, 0.717) is 0 Å². The molecular formula is C30H28ClN5OS. The number of anilines is 1. The number of thiophene rings is 1. The van der Waals surface area contributed by atoms with Crippen LogP contribution in [-0.4, -0.2) is 40.8 Å². The van der Waals surface area contributed by atoms with Crippen LogP contribution in [-0.2, 0) is 10.3 Å². The van der Waals surface area contributed by atoms with Gasteiger partial charge in [0.15, 0.2) is 11.5 Å². The van der Waals surface area contributed by atoms with Gasteiger partial charge in [-0.25, -0.2) is 14.8 Å². The number of halogens is 1. The first-order valence-corrected chi connectivity index (χ1v) is 14.4. The van der Waals surface area contributed by atoms with E-state index in [1.165, 1.54) is 17.7 Å². The van der Waals surface area contributed by atoms with Crippen LogP contribution >= 0.6 is 23.1 Å². The molecule has 3 aromatic heterocycles. The molecule has 8 heteroatoms. The smallest absolute Gasteiger partial charge is 0.165 e. The number of benzene rings is 2. The van der Waals surface area contributed by atoms with Crippen LogP contribution in [0.5, 0.6) is 0 Å². The Morgan fingerprint density at radius 1 is 0.895 bits per heavy atom. The summed E-state index contributed by atoms with van der Waals surface area (Å²) in [6.07, 6.45) is 3.30. The molecule has 38 heavy (non-hydrogen) atoms. The highest BCUT2D eigenvalue weighted by Gasteiger charge is 2.38. The van der Waals surface area contributed by atoms with Gasteiger partial charge in [-0.2, -0.15) is 0 Å². The predicted octanol–water partition coefficient (Wildman–Crippen LogP) is 6.78. The van der Waals surface area contributed by atoms with Crippen LogP contribution in [0.3, 0.4) is 0 Å². The minimum Gasteiger partial charge on any atom is -0.378 e. The topological polar surface area (TPSA) is 55.2 Å². The standard InChI is InChI=1S/C30H28ClN5OS/c31-34-30(13-3-14-30)22-7-9-23(10-8-22)36-28-26(33-29(36)27-6-2-19-38-27)12-11-25(32-28)21-4-1-5-24(20-21)35-15-17-37-18-16-35/h1-2,4-12,19-20,34H,3,13-18H2. The summed E-state index contributed by atoms with van der Waals surface area (Å²) in [6, 6.07) is 25.7. The zero-order valence-corrected chi connectivity index (χ0v) is 22.5. The summed E-state index contributed by atoms with van der Waals surface area (Å²) in [6.45, 7) is 3.34. The van der Waals surface area contributed by atoms with Crippen molar-refractivity contribution >= 4 is 40.0 Å². The van der Waals surface area contributed by atoms with E-state index in [9.17, 15) is 0 Å². The number of morpholine rings is 1. The van der Waals surface area contributed by atoms with E-state index in [1.807, 2.05) is 0 Å². The summed E-state index contributed by atoms with van der Waals surface area (Å²) in [4.78, 5) is 16.7. The van der Waals surface area contributed by atoms with Crippen LogP contribution in [0, 0.1) is 0 Å². The number of nitrogens with one attached hydrogen (secondary N) is 1. The second-order valence-corrected chi connectivity index (χ2v) is 11.2. The largest absolute Gasteiger partial charge is 0.378 e. The lowest BCUT2D eigenvalue weighted by molar-refractivity contribution is 0.122. The van der Waals surface area contributed by atoms with Crippen molar-refractivity contribution in [2.75, 3.05) is 31.2 Å². The van der Waals surface area contributed by atoms with Gasteiger partial charge >= 0.3 is 0 Å². The molecular weight excluding hydrogens is 514 g/mol. The molecule has 1 N–H and O–H groups in total. The first-order chi connectivity index (χ1) is 18.7. The Morgan fingerprint density at radius 3 is 2.45 bits per heavy atom. The van der Waals surface area contributed by atoms with Gasteiger partial charge in [0.1, 0.15) is 5.52 Å². The molecule has 1 aliphatic heterocycles. The van der Waals surface area contributed by atoms with E-state index >= 15 is 0 Å². The van der Waals surface area contributed by atoms with Crippen molar-refractivity contribution in [3.63, 3.8) is 0 Å². The number of pyridine rings is 1. The Hall–Kier alpha value is -3.23. The van der Waals surface area contributed by atoms with E-state index in [1.54, 1.807) is 11.3 Å². The molecule has 2 aromatic carbocycles. The fourth-order valence-corrected chi connectivity index (χ4v) is 6.52. The first-order valence-electron chi connectivity index (χ1n) is 13.1. The molecule has 0 atom stereocenters. The Morgan fingerprint density at radius 2 is 1.74 bits per heavy atom. The molecule has 0 unspecified atom stereocenters. The van der Waals surface area contributed by atoms with E-state index in [-0.39, 0.29) is 5.54 Å². The summed E-state index contributed by atoms with van der Waals surface area (Å²) in [5.41, 5.74) is 7.10. The van der Waals surface area contributed by atoms with E-state index in [2.05, 4.69) is 92.5 Å². The third-order valence-electron chi connectivity index (χ3n) is 7.83. The minimum atomic E-state index is -0.120. The fraction of sp³-hybridized carbons (Fsp3) is 0.267. The quantitative estimate of drug-likeness (QED) is 0.240. The van der Waals surface area contributed by atoms with Crippen molar-refractivity contribution in [2.45, 2.75) is 24.8 Å². The summed E-state index contributed by atoms with van der Waals surface area (Å²) in [5.74, 6) is 0.906. The molecule has 0 radical (unpaired) electrons. The zero-order valence-electron chi connectivity index (χ0n) is 20.9. The molecule has 2 aliphatic rings. The zero-order chi connectivity index (χ0) is 25.5. The maximum atomic E-state index is 6.16. The minimum absolute atomic E-state index is 0.120. The highest BCUT2D eigenvalue weighted by Crippen LogP contribution is 2.42. The second kappa shape index (κ2) is 9.82. The molecule has 192 valence electrons. The Labute approximate surface area is 231 Å². The van der Waals surface area contributed by atoms with E-state index < -0.39 is 0 Å². The maximum Gasteiger partial charge on any atom is 0.165 e. The molecule has 7 rings (SSSR count). The number of hydrogen-bond acceptors (Lipinski definition) is 6. The molecule has 2 fully saturated rings. The van der Waals surface area contributed by atoms with Gasteiger partial charge in [0.05, 0.1) is 29.3 Å². The Bertz CT molecular complexity index is 1570. The lowest BCUT2D eigenvalue weighted by atomic mass is 9.73. The second-order valence-electron chi connectivity index (χ2n) is 10.0. The molecule has 6 nitrogen and oxygen atoms in total. The average Bonchev–Trinajstić information content (AvgIpc) is 3.62. The summed E-state index contributed by atoms with van der Waals surface area (Å²) < 4.78 is 7.72. The van der Waals surface area contributed by atoms with Crippen molar-refractivity contribution < 1.29 is 4.74 Å². The van der Waals surface area contributed by atoms with Crippen LogP contribution in [0.25, 0.3) is 38.8 Å². The Kier molecular flexibility index (Phi) is 6.16. The Balaban J connectivity index is 1.33. The normalized spacial score (nSPS) is 17.0. The van der Waals surface area contributed by atoms with Crippen molar-refractivity contribution in [3.8, 4) is 27.6 Å². The molecule has 5 aromatic rings. The molecule has 1 saturated heterocycles. The molecule has 0 spiro atoms. The van der Waals surface area contributed by atoms with Crippen LogP contribution in [0.2, 0.25) is 0 Å². The average molecular weight is 542 g/mol. The van der Waals surface area contributed by atoms with Crippen LogP contribution in [0.1, 0.15) is 24.8 Å². The van der Waals surface area contributed by atoms with Gasteiger partial charge in [0.25, 0.3) is 0 Å². The lowest BCUT2D eigenvalue weighted by Gasteiger charge is -2.41. The van der Waals surface area contributed by atoms with Gasteiger partial charge in [0, 0.05) is 30.0 Å². The van der Waals surface area contributed by atoms with Gasteiger partial charge in [-0.3, -0.25) is 4.57 Å². The highest BCUT2D eigenvalue weighted by molar-refractivity contribution is 7.13. The molecule has 0 bridgehead atoms. The molecule has 1 saturated carbocycles. The molecule has 1 aliphatic carbocycles. The number of rotatable bonds is 6. The van der Waals surface area contributed by atoms with Crippen LogP contribution in [0.4, 0.5) is 5.69 Å². The highest BCUT2D eigenvalue weighted by atomic mass is 35.5. The predicted molar refractivity (Wildman–Crippen MR) is 155 cm³/mol. The lowest BCUT2D eigenvalue weighted by Crippen LogP contribution is -2.43. The van der Waals surface area contributed by atoms with E-state index in [4.69, 9.17) is 26.5 Å². The fourth-order valence-electron chi connectivity index (χ4n) is 5.51. The number of hydrogen-bond donors (Lipinski definition) is 1. The molecule has 0 amide bonds. The van der Waals surface area contributed by atoms with Gasteiger partial charge in [-0.05, 0) is 84.4 Å². The van der Waals surface area contributed by atoms with Gasteiger partial charge in [0.2, 0.25) is 0 Å². The third kappa shape index (κ3) is 4.10. The summed E-state index contributed by atoms with van der Waals surface area (Å²) in [7, 11) is 0. The van der Waals surface area contributed by atoms with Gasteiger partial charge < -0.3 is 9.64 Å². The number of imidazole rings is 1. The number of fused-ring (bicyclic) bond motifs is 1. The van der Waals surface area contributed by atoms with Crippen molar-refractivity contribution in [1.29, 1.82) is 0 Å². The number of aromatic nitrogens is 3. The third-order valence-corrected chi connectivity index (χ3v) is 9.06. The summed E-state index contributed by atoms with van der Waals surface area (Å²) >= 11 is 7.85. The monoisotopic (exact) mass is 541 g/mol. The number of ether oxygens (including phenoxy) is 1. The SMILES string of the molecule is ClNC1(c2ccc(-n3c(-c4cccs4)nc4ccc(-c5cccc(N6CCOCC6)c5)nc43)cc2)CCC1. The van der Waals surface area contributed by atoms with Crippen molar-refractivity contribution in [2.24, 2.45) is 0 Å². The van der Waals surface area contributed by atoms with Crippen molar-refractivity contribution in [3.05, 3.63) is 83.7 Å². The number of nitrogens with zero attached hydrogens (tertiary/aromatic N) is 4. The van der Waals surface area contributed by atoms with E-state index in [0.717, 1.165) is 78.0 Å². The van der Waals surface area contributed by atoms with Crippen molar-refractivity contribution in [1.82, 2.24) is 19.4 Å². The molecule has 4 heterocycles.